The fourth-order valence-corrected chi connectivity index (χ4v) is 4.34. The Morgan fingerprint density at radius 2 is 1.59 bits per heavy atom. The standard InChI is InChI=1S/C31H36F4N4O5/c1-31(2,3)44-30(42)25(7-4-5-12-36)38-13-6-14-43-19-16-23(34)27(24(35)17-19)39-26(40)11-10-21(29(39)37)28(41)20-9-8-18(32)15-22(20)33/h8-11,15-17,25,38H,4-7,12-14,36-37H2,1-3H3/t25-/m0/s1. The maximum absolute atomic E-state index is 15.2. The number of carbonyl (C=O) groups excluding carboxylic acids is 2. The zero-order valence-electron chi connectivity index (χ0n) is 24.7. The van der Waals surface area contributed by atoms with E-state index in [2.05, 4.69) is 5.32 Å². The van der Waals surface area contributed by atoms with Gasteiger partial charge in [-0.1, -0.05) is 6.42 Å². The molecule has 0 spiro atoms. The van der Waals surface area contributed by atoms with Crippen molar-refractivity contribution in [2.75, 3.05) is 25.4 Å². The first kappa shape index (κ1) is 34.3. The number of benzene rings is 2. The van der Waals surface area contributed by atoms with E-state index < -0.39 is 74.9 Å². The molecular formula is C31H36F4N4O5. The summed E-state index contributed by atoms with van der Waals surface area (Å²) < 4.78 is 69.3. The van der Waals surface area contributed by atoms with Crippen molar-refractivity contribution in [3.8, 4) is 11.4 Å². The molecule has 2 aromatic carbocycles. The van der Waals surface area contributed by atoms with E-state index in [1.807, 2.05) is 0 Å². The summed E-state index contributed by atoms with van der Waals surface area (Å²) in [5.41, 5.74) is 8.08. The molecule has 0 unspecified atom stereocenters. The number of halogens is 4. The predicted molar refractivity (Wildman–Crippen MR) is 157 cm³/mol. The zero-order chi connectivity index (χ0) is 32.6. The number of aromatic nitrogens is 1. The van der Waals surface area contributed by atoms with Gasteiger partial charge in [0, 0.05) is 24.3 Å². The van der Waals surface area contributed by atoms with E-state index in [1.165, 1.54) is 0 Å². The monoisotopic (exact) mass is 620 g/mol. The average molecular weight is 621 g/mol. The molecule has 0 fully saturated rings. The largest absolute Gasteiger partial charge is 0.493 e. The summed E-state index contributed by atoms with van der Waals surface area (Å²) in [6, 6.07) is 5.24. The molecule has 9 nitrogen and oxygen atoms in total. The maximum atomic E-state index is 15.2. The summed E-state index contributed by atoms with van der Waals surface area (Å²) in [5, 5.41) is 3.12. The van der Waals surface area contributed by atoms with Crippen molar-refractivity contribution in [3.05, 3.63) is 87.2 Å². The molecule has 0 bridgehead atoms. The second-order valence-electron chi connectivity index (χ2n) is 11.0. The molecule has 5 N–H and O–H groups in total. The number of nitrogens with one attached hydrogen (secondary N) is 1. The van der Waals surface area contributed by atoms with Gasteiger partial charge >= 0.3 is 5.97 Å². The number of ketones is 1. The number of ether oxygens (including phenoxy) is 2. The van der Waals surface area contributed by atoms with Crippen LogP contribution in [0, 0.1) is 23.3 Å². The number of unbranched alkanes of at least 4 members (excludes halogenated alkanes) is 1. The van der Waals surface area contributed by atoms with Crippen LogP contribution in [0.1, 0.15) is 62.4 Å². The lowest BCUT2D eigenvalue weighted by Gasteiger charge is -2.24. The van der Waals surface area contributed by atoms with Crippen LogP contribution in [0.5, 0.6) is 5.75 Å². The maximum Gasteiger partial charge on any atom is 0.323 e. The number of nitrogen functional groups attached to an aromatic ring is 1. The Morgan fingerprint density at radius 3 is 2.20 bits per heavy atom. The number of pyridine rings is 1. The normalized spacial score (nSPS) is 12.2. The van der Waals surface area contributed by atoms with Crippen LogP contribution >= 0.6 is 0 Å². The van der Waals surface area contributed by atoms with Crippen molar-refractivity contribution in [1.82, 2.24) is 9.88 Å². The van der Waals surface area contributed by atoms with Gasteiger partial charge in [0.25, 0.3) is 5.56 Å². The molecule has 238 valence electrons. The Labute approximate surface area is 252 Å². The number of anilines is 1. The number of hydrogen-bond donors (Lipinski definition) is 3. The Hall–Kier alpha value is -4.23. The van der Waals surface area contributed by atoms with Crippen LogP contribution in [0.15, 0.2) is 47.3 Å². The third kappa shape index (κ3) is 8.89. The minimum atomic E-state index is -1.21. The Kier molecular flexibility index (Phi) is 11.7. The summed E-state index contributed by atoms with van der Waals surface area (Å²) in [5.74, 6) is -6.74. The number of rotatable bonds is 14. The Morgan fingerprint density at radius 1 is 0.932 bits per heavy atom. The molecule has 0 saturated heterocycles. The number of esters is 1. The quantitative estimate of drug-likeness (QED) is 0.104. The van der Waals surface area contributed by atoms with Gasteiger partial charge in [0.1, 0.15) is 40.5 Å². The van der Waals surface area contributed by atoms with Crippen LogP contribution in [-0.4, -0.2) is 47.7 Å². The molecular weight excluding hydrogens is 584 g/mol. The third-order valence-corrected chi connectivity index (χ3v) is 6.38. The number of nitrogens with zero attached hydrogens (tertiary/aromatic N) is 1. The van der Waals surface area contributed by atoms with E-state index in [4.69, 9.17) is 20.9 Å². The molecule has 0 aliphatic carbocycles. The van der Waals surface area contributed by atoms with E-state index in [9.17, 15) is 23.2 Å². The van der Waals surface area contributed by atoms with E-state index in [1.54, 1.807) is 20.8 Å². The summed E-state index contributed by atoms with van der Waals surface area (Å²) in [7, 11) is 0. The molecule has 0 radical (unpaired) electrons. The highest BCUT2D eigenvalue weighted by molar-refractivity contribution is 6.11. The van der Waals surface area contributed by atoms with E-state index in [-0.39, 0.29) is 12.4 Å². The highest BCUT2D eigenvalue weighted by atomic mass is 19.1. The van der Waals surface area contributed by atoms with Crippen LogP contribution in [0.4, 0.5) is 23.4 Å². The molecule has 1 aromatic heterocycles. The van der Waals surface area contributed by atoms with Gasteiger partial charge in [0.05, 0.1) is 17.7 Å². The first-order chi connectivity index (χ1) is 20.7. The second kappa shape index (κ2) is 15.0. The molecule has 3 aromatic rings. The summed E-state index contributed by atoms with van der Waals surface area (Å²) in [6.45, 7) is 6.20. The van der Waals surface area contributed by atoms with Crippen LogP contribution in [0.2, 0.25) is 0 Å². The molecule has 0 saturated carbocycles. The molecule has 0 aliphatic rings. The van der Waals surface area contributed by atoms with Gasteiger partial charge in [-0.15, -0.1) is 0 Å². The van der Waals surface area contributed by atoms with Gasteiger partial charge < -0.3 is 26.3 Å². The fraction of sp³-hybridized carbons (Fsp3) is 0.387. The molecule has 1 heterocycles. The van der Waals surface area contributed by atoms with Crippen molar-refractivity contribution >= 4 is 17.6 Å². The minimum absolute atomic E-state index is 0.0321. The highest BCUT2D eigenvalue weighted by Crippen LogP contribution is 2.27. The minimum Gasteiger partial charge on any atom is -0.493 e. The lowest BCUT2D eigenvalue weighted by atomic mass is 10.0. The van der Waals surface area contributed by atoms with E-state index in [0.717, 1.165) is 49.2 Å². The second-order valence-corrected chi connectivity index (χ2v) is 11.0. The van der Waals surface area contributed by atoms with E-state index >= 15 is 8.78 Å². The van der Waals surface area contributed by atoms with Gasteiger partial charge in [0.2, 0.25) is 0 Å². The molecule has 0 amide bonds. The highest BCUT2D eigenvalue weighted by Gasteiger charge is 2.25. The number of nitrogens with two attached hydrogens (primary N) is 2. The topological polar surface area (TPSA) is 139 Å². The van der Waals surface area contributed by atoms with Crippen molar-refractivity contribution in [2.45, 2.75) is 58.1 Å². The van der Waals surface area contributed by atoms with Crippen molar-refractivity contribution in [3.63, 3.8) is 0 Å². The van der Waals surface area contributed by atoms with Crippen LogP contribution in [-0.2, 0) is 9.53 Å². The van der Waals surface area contributed by atoms with Crippen molar-refractivity contribution in [2.24, 2.45) is 5.73 Å². The smallest absolute Gasteiger partial charge is 0.323 e. The lowest BCUT2D eigenvalue weighted by molar-refractivity contribution is -0.157. The zero-order valence-corrected chi connectivity index (χ0v) is 24.7. The van der Waals surface area contributed by atoms with Gasteiger partial charge in [-0.05, 0) is 71.3 Å². The van der Waals surface area contributed by atoms with Crippen molar-refractivity contribution < 1.29 is 36.6 Å². The number of carbonyl (C=O) groups is 2. The first-order valence-corrected chi connectivity index (χ1v) is 14.0. The van der Waals surface area contributed by atoms with Crippen LogP contribution in [0.3, 0.4) is 0 Å². The molecule has 3 rings (SSSR count). The van der Waals surface area contributed by atoms with Gasteiger partial charge in [-0.25, -0.2) is 17.6 Å². The SMILES string of the molecule is CC(C)(C)OC(=O)[C@H](CCCCN)NCCCOc1cc(F)c(-n2c(N)c(C(=O)c3ccc(F)cc3F)ccc2=O)c(F)c1. The van der Waals surface area contributed by atoms with E-state index in [0.29, 0.717) is 36.6 Å². The summed E-state index contributed by atoms with van der Waals surface area (Å²) >= 11 is 0. The van der Waals surface area contributed by atoms with Crippen LogP contribution in [0.25, 0.3) is 5.69 Å². The summed E-state index contributed by atoms with van der Waals surface area (Å²) in [6.07, 6.45) is 2.38. The molecule has 0 aliphatic heterocycles. The summed E-state index contributed by atoms with van der Waals surface area (Å²) in [4.78, 5) is 38.0. The predicted octanol–water partition coefficient (Wildman–Crippen LogP) is 4.40. The molecule has 1 atom stereocenters. The lowest BCUT2D eigenvalue weighted by Crippen LogP contribution is -2.42. The van der Waals surface area contributed by atoms with Gasteiger partial charge in [-0.3, -0.25) is 19.0 Å². The van der Waals surface area contributed by atoms with Crippen molar-refractivity contribution in [1.29, 1.82) is 0 Å². The van der Waals surface area contributed by atoms with Gasteiger partial charge in [0.15, 0.2) is 17.4 Å². The Bertz CT molecular complexity index is 1530. The van der Waals surface area contributed by atoms with Gasteiger partial charge in [-0.2, -0.15) is 0 Å². The molecule has 13 heteroatoms. The number of hydrogen-bond acceptors (Lipinski definition) is 8. The third-order valence-electron chi connectivity index (χ3n) is 6.38. The fourth-order valence-electron chi connectivity index (χ4n) is 4.34. The average Bonchev–Trinajstić information content (AvgIpc) is 2.92. The Balaban J connectivity index is 1.72. The van der Waals surface area contributed by atoms with Crippen LogP contribution < -0.4 is 27.1 Å². The first-order valence-electron chi connectivity index (χ1n) is 14.0. The molecule has 44 heavy (non-hydrogen) atoms.